The van der Waals surface area contributed by atoms with Crippen LogP contribution in [0.5, 0.6) is 0 Å². The number of halogens is 3. The largest absolute Gasteiger partial charge is 0.297 e. The maximum Gasteiger partial charge on any atom is 0.126 e. The van der Waals surface area contributed by atoms with Gasteiger partial charge >= 0.3 is 0 Å². The predicted molar refractivity (Wildman–Crippen MR) is 82.7 cm³/mol. The molecule has 0 spiro atoms. The van der Waals surface area contributed by atoms with Gasteiger partial charge in [-0.15, -0.1) is 0 Å². The highest BCUT2D eigenvalue weighted by atomic mass is 35.5. The van der Waals surface area contributed by atoms with Crippen molar-refractivity contribution in [1.29, 1.82) is 0 Å². The van der Waals surface area contributed by atoms with Crippen LogP contribution in [-0.2, 0) is 13.0 Å². The van der Waals surface area contributed by atoms with Crippen molar-refractivity contribution in [3.05, 3.63) is 64.4 Å². The summed E-state index contributed by atoms with van der Waals surface area (Å²) < 4.78 is 26.5. The first-order valence-corrected chi connectivity index (χ1v) is 7.74. The standard InChI is InChI=1S/C17H17ClF2N2/c18-14-1-2-17(21-9-14)11-22-4-3-12(10-22)5-13-6-15(19)8-16(20)7-13/h1-2,6-9,12H,3-5,10-11H2. The van der Waals surface area contributed by atoms with Crippen molar-refractivity contribution in [2.75, 3.05) is 13.1 Å². The van der Waals surface area contributed by atoms with Gasteiger partial charge in [0.15, 0.2) is 0 Å². The minimum absolute atomic E-state index is 0.425. The third-order valence-corrected chi connectivity index (χ3v) is 4.21. The highest BCUT2D eigenvalue weighted by molar-refractivity contribution is 6.30. The van der Waals surface area contributed by atoms with Crippen LogP contribution in [-0.4, -0.2) is 23.0 Å². The molecule has 0 bridgehead atoms. The van der Waals surface area contributed by atoms with Gasteiger partial charge in [-0.25, -0.2) is 8.78 Å². The monoisotopic (exact) mass is 322 g/mol. The van der Waals surface area contributed by atoms with E-state index in [1.54, 1.807) is 6.20 Å². The summed E-state index contributed by atoms with van der Waals surface area (Å²) in [6.45, 7) is 2.68. The Labute approximate surface area is 133 Å². The second-order valence-corrected chi connectivity index (χ2v) is 6.28. The lowest BCUT2D eigenvalue weighted by molar-refractivity contribution is 0.312. The summed E-state index contributed by atoms with van der Waals surface area (Å²) in [4.78, 5) is 6.62. The molecule has 1 unspecified atom stereocenters. The Morgan fingerprint density at radius 3 is 2.64 bits per heavy atom. The molecule has 2 heterocycles. The van der Waals surface area contributed by atoms with Crippen LogP contribution < -0.4 is 0 Å². The van der Waals surface area contributed by atoms with Crippen molar-refractivity contribution >= 4 is 11.6 Å². The summed E-state index contributed by atoms with van der Waals surface area (Å²) in [7, 11) is 0. The lowest BCUT2D eigenvalue weighted by atomic mass is 9.98. The van der Waals surface area contributed by atoms with Crippen LogP contribution in [0.3, 0.4) is 0 Å². The van der Waals surface area contributed by atoms with Crippen LogP contribution in [0.1, 0.15) is 17.7 Å². The van der Waals surface area contributed by atoms with Gasteiger partial charge in [-0.05, 0) is 55.1 Å². The minimum atomic E-state index is -0.504. The molecule has 0 aliphatic carbocycles. The second kappa shape index (κ2) is 6.71. The molecule has 1 aromatic carbocycles. The molecular weight excluding hydrogens is 306 g/mol. The number of aromatic nitrogens is 1. The highest BCUT2D eigenvalue weighted by Gasteiger charge is 2.23. The minimum Gasteiger partial charge on any atom is -0.297 e. The van der Waals surface area contributed by atoms with Crippen molar-refractivity contribution in [2.24, 2.45) is 5.92 Å². The van der Waals surface area contributed by atoms with Crippen molar-refractivity contribution < 1.29 is 8.78 Å². The maximum atomic E-state index is 13.2. The van der Waals surface area contributed by atoms with E-state index in [9.17, 15) is 8.78 Å². The molecule has 3 rings (SSSR count). The Kier molecular flexibility index (Phi) is 4.69. The molecule has 0 radical (unpaired) electrons. The van der Waals surface area contributed by atoms with Gasteiger partial charge in [-0.1, -0.05) is 11.6 Å². The van der Waals surface area contributed by atoms with Crippen molar-refractivity contribution in [3.8, 4) is 0 Å². The zero-order valence-corrected chi connectivity index (χ0v) is 12.9. The summed E-state index contributed by atoms with van der Waals surface area (Å²) in [5, 5.41) is 0.635. The number of likely N-dealkylation sites (tertiary alicyclic amines) is 1. The van der Waals surface area contributed by atoms with Gasteiger partial charge in [0.2, 0.25) is 0 Å². The van der Waals surface area contributed by atoms with Gasteiger partial charge in [-0.3, -0.25) is 9.88 Å². The molecule has 1 aromatic heterocycles. The lowest BCUT2D eigenvalue weighted by Crippen LogP contribution is -2.21. The van der Waals surface area contributed by atoms with E-state index in [0.717, 1.165) is 43.4 Å². The van der Waals surface area contributed by atoms with Gasteiger partial charge in [0.25, 0.3) is 0 Å². The first kappa shape index (κ1) is 15.4. The van der Waals surface area contributed by atoms with Crippen LogP contribution in [0.2, 0.25) is 5.02 Å². The average Bonchev–Trinajstić information content (AvgIpc) is 2.87. The topological polar surface area (TPSA) is 16.1 Å². The number of nitrogens with zero attached hydrogens (tertiary/aromatic N) is 2. The van der Waals surface area contributed by atoms with Crippen molar-refractivity contribution in [1.82, 2.24) is 9.88 Å². The van der Waals surface area contributed by atoms with Gasteiger partial charge in [0.05, 0.1) is 10.7 Å². The molecule has 1 aliphatic heterocycles. The maximum absolute atomic E-state index is 13.2. The van der Waals surface area contributed by atoms with Gasteiger partial charge in [0, 0.05) is 25.4 Å². The Morgan fingerprint density at radius 1 is 1.18 bits per heavy atom. The van der Waals surface area contributed by atoms with Crippen LogP contribution in [0.25, 0.3) is 0 Å². The normalized spacial score (nSPS) is 18.8. The molecule has 5 heteroatoms. The Morgan fingerprint density at radius 2 is 1.95 bits per heavy atom. The molecule has 1 aliphatic rings. The van der Waals surface area contributed by atoms with Crippen LogP contribution in [0.15, 0.2) is 36.5 Å². The van der Waals surface area contributed by atoms with Crippen molar-refractivity contribution in [2.45, 2.75) is 19.4 Å². The fourth-order valence-electron chi connectivity index (χ4n) is 3.01. The van der Waals surface area contributed by atoms with Gasteiger partial charge < -0.3 is 0 Å². The third-order valence-electron chi connectivity index (χ3n) is 3.99. The zero-order chi connectivity index (χ0) is 15.5. The van der Waals surface area contributed by atoms with E-state index in [0.29, 0.717) is 17.4 Å². The Balaban J connectivity index is 1.56. The SMILES string of the molecule is Fc1cc(F)cc(CC2CCN(Cc3ccc(Cl)cn3)C2)c1. The number of benzene rings is 1. The van der Waals surface area contributed by atoms with Crippen LogP contribution in [0, 0.1) is 17.6 Å². The number of hydrogen-bond acceptors (Lipinski definition) is 2. The molecule has 0 amide bonds. The molecular formula is C17H17ClF2N2. The van der Waals surface area contributed by atoms with Crippen LogP contribution >= 0.6 is 11.6 Å². The fourth-order valence-corrected chi connectivity index (χ4v) is 3.13. The molecule has 0 saturated carbocycles. The van der Waals surface area contributed by atoms with Gasteiger partial charge in [0.1, 0.15) is 11.6 Å². The summed E-state index contributed by atoms with van der Waals surface area (Å²) in [6, 6.07) is 7.53. The zero-order valence-electron chi connectivity index (χ0n) is 12.1. The average molecular weight is 323 g/mol. The first-order chi connectivity index (χ1) is 10.6. The predicted octanol–water partition coefficient (Wildman–Crippen LogP) is 4.08. The summed E-state index contributed by atoms with van der Waals surface area (Å²) in [5.74, 6) is -0.584. The smallest absolute Gasteiger partial charge is 0.126 e. The van der Waals surface area contributed by atoms with E-state index in [2.05, 4.69) is 9.88 Å². The third kappa shape index (κ3) is 4.02. The van der Waals surface area contributed by atoms with E-state index in [-0.39, 0.29) is 0 Å². The Bertz CT molecular complexity index is 625. The Hall–Kier alpha value is -1.52. The van der Waals surface area contributed by atoms with E-state index in [1.807, 2.05) is 12.1 Å². The molecule has 2 nitrogen and oxygen atoms in total. The lowest BCUT2D eigenvalue weighted by Gasteiger charge is -2.15. The molecule has 1 saturated heterocycles. The summed E-state index contributed by atoms with van der Waals surface area (Å²) in [6.07, 6.45) is 3.39. The number of rotatable bonds is 4. The summed E-state index contributed by atoms with van der Waals surface area (Å²) >= 11 is 5.83. The van der Waals surface area contributed by atoms with Gasteiger partial charge in [-0.2, -0.15) is 0 Å². The first-order valence-electron chi connectivity index (χ1n) is 7.36. The van der Waals surface area contributed by atoms with E-state index in [4.69, 9.17) is 11.6 Å². The van der Waals surface area contributed by atoms with E-state index >= 15 is 0 Å². The van der Waals surface area contributed by atoms with E-state index in [1.165, 1.54) is 12.1 Å². The summed E-state index contributed by atoms with van der Waals surface area (Å²) in [5.41, 5.74) is 1.72. The number of hydrogen-bond donors (Lipinski definition) is 0. The molecule has 1 fully saturated rings. The second-order valence-electron chi connectivity index (χ2n) is 5.84. The molecule has 1 atom stereocenters. The number of pyridine rings is 1. The van der Waals surface area contributed by atoms with Crippen LogP contribution in [0.4, 0.5) is 8.78 Å². The quantitative estimate of drug-likeness (QED) is 0.843. The highest BCUT2D eigenvalue weighted by Crippen LogP contribution is 2.23. The molecule has 116 valence electrons. The molecule has 2 aromatic rings. The van der Waals surface area contributed by atoms with Crippen molar-refractivity contribution in [3.63, 3.8) is 0 Å². The fraction of sp³-hybridized carbons (Fsp3) is 0.353. The van der Waals surface area contributed by atoms with E-state index < -0.39 is 11.6 Å². The molecule has 22 heavy (non-hydrogen) atoms. The molecule has 0 N–H and O–H groups in total.